The predicted octanol–water partition coefficient (Wildman–Crippen LogP) is 3.25. The van der Waals surface area contributed by atoms with Crippen LogP contribution in [0.5, 0.6) is 0 Å². The molecular formula is C21H24FN5. The third-order valence-electron chi connectivity index (χ3n) is 5.13. The van der Waals surface area contributed by atoms with E-state index in [4.69, 9.17) is 0 Å². The zero-order valence-corrected chi connectivity index (χ0v) is 15.8. The van der Waals surface area contributed by atoms with Crippen LogP contribution >= 0.6 is 0 Å². The van der Waals surface area contributed by atoms with Gasteiger partial charge in [0.15, 0.2) is 0 Å². The van der Waals surface area contributed by atoms with E-state index < -0.39 is 0 Å². The van der Waals surface area contributed by atoms with Crippen molar-refractivity contribution in [1.29, 1.82) is 0 Å². The fourth-order valence-electron chi connectivity index (χ4n) is 3.67. The number of nitrogens with zero attached hydrogens (tertiary/aromatic N) is 5. The number of pyridine rings is 1. The lowest BCUT2D eigenvalue weighted by Crippen LogP contribution is -2.46. The van der Waals surface area contributed by atoms with Crippen molar-refractivity contribution in [2.45, 2.75) is 13.5 Å². The Morgan fingerprint density at radius 2 is 1.78 bits per heavy atom. The Kier molecular flexibility index (Phi) is 4.90. The van der Waals surface area contributed by atoms with Crippen molar-refractivity contribution in [2.75, 3.05) is 31.1 Å². The summed E-state index contributed by atoms with van der Waals surface area (Å²) >= 11 is 0. The Bertz CT molecular complexity index is 911. The van der Waals surface area contributed by atoms with E-state index in [-0.39, 0.29) is 5.82 Å². The van der Waals surface area contributed by atoms with Gasteiger partial charge >= 0.3 is 0 Å². The standard InChI is InChI=1S/C21H24FN5/c1-16-18(14-25(2)24-16)15-26-10-12-27(13-11-26)20-4-3-9-23-21(20)17-5-7-19(22)8-6-17/h3-9,14H,10-13,15H2,1-2H3. The minimum Gasteiger partial charge on any atom is -0.367 e. The third kappa shape index (κ3) is 3.85. The number of benzene rings is 1. The normalized spacial score (nSPS) is 15.3. The number of aromatic nitrogens is 3. The molecule has 0 saturated carbocycles. The topological polar surface area (TPSA) is 37.2 Å². The van der Waals surface area contributed by atoms with Gasteiger partial charge in [-0.1, -0.05) is 0 Å². The molecule has 1 aliphatic rings. The summed E-state index contributed by atoms with van der Waals surface area (Å²) in [6.45, 7) is 6.87. The molecule has 0 N–H and O–H groups in total. The van der Waals surface area contributed by atoms with E-state index in [9.17, 15) is 4.39 Å². The number of piperazine rings is 1. The van der Waals surface area contributed by atoms with Gasteiger partial charge in [-0.2, -0.15) is 5.10 Å². The van der Waals surface area contributed by atoms with Crippen LogP contribution in [0.25, 0.3) is 11.3 Å². The first kappa shape index (κ1) is 17.7. The maximum atomic E-state index is 13.3. The van der Waals surface area contributed by atoms with Crippen LogP contribution in [0.15, 0.2) is 48.8 Å². The Morgan fingerprint density at radius 3 is 2.44 bits per heavy atom. The van der Waals surface area contributed by atoms with Crippen LogP contribution in [0.1, 0.15) is 11.3 Å². The maximum Gasteiger partial charge on any atom is 0.123 e. The first-order valence-corrected chi connectivity index (χ1v) is 9.27. The van der Waals surface area contributed by atoms with Gasteiger partial charge < -0.3 is 4.90 Å². The van der Waals surface area contributed by atoms with Gasteiger partial charge in [-0.25, -0.2) is 4.39 Å². The van der Waals surface area contributed by atoms with Crippen LogP contribution in [0, 0.1) is 12.7 Å². The number of anilines is 1. The smallest absolute Gasteiger partial charge is 0.123 e. The van der Waals surface area contributed by atoms with Crippen molar-refractivity contribution in [1.82, 2.24) is 19.7 Å². The van der Waals surface area contributed by atoms with E-state index in [1.54, 1.807) is 18.3 Å². The van der Waals surface area contributed by atoms with E-state index in [1.165, 1.54) is 17.7 Å². The molecule has 0 unspecified atom stereocenters. The summed E-state index contributed by atoms with van der Waals surface area (Å²) in [4.78, 5) is 9.41. The highest BCUT2D eigenvalue weighted by molar-refractivity contribution is 5.75. The average Bonchev–Trinajstić information content (AvgIpc) is 3.00. The Hall–Kier alpha value is -2.73. The van der Waals surface area contributed by atoms with Crippen LogP contribution in [0.2, 0.25) is 0 Å². The summed E-state index contributed by atoms with van der Waals surface area (Å²) in [5.41, 5.74) is 5.36. The third-order valence-corrected chi connectivity index (χ3v) is 5.13. The van der Waals surface area contributed by atoms with E-state index in [0.717, 1.165) is 55.4 Å². The molecule has 3 heterocycles. The molecule has 3 aromatic rings. The first-order chi connectivity index (χ1) is 13.1. The van der Waals surface area contributed by atoms with E-state index in [1.807, 2.05) is 17.8 Å². The van der Waals surface area contributed by atoms with Crippen molar-refractivity contribution in [3.05, 3.63) is 65.9 Å². The molecule has 140 valence electrons. The summed E-state index contributed by atoms with van der Waals surface area (Å²) in [7, 11) is 1.97. The van der Waals surface area contributed by atoms with Crippen molar-refractivity contribution < 1.29 is 4.39 Å². The zero-order valence-electron chi connectivity index (χ0n) is 15.8. The Morgan fingerprint density at radius 1 is 1.04 bits per heavy atom. The fraction of sp³-hybridized carbons (Fsp3) is 0.333. The van der Waals surface area contributed by atoms with Gasteiger partial charge in [-0.3, -0.25) is 14.6 Å². The first-order valence-electron chi connectivity index (χ1n) is 9.27. The molecule has 5 nitrogen and oxygen atoms in total. The number of aryl methyl sites for hydroxylation is 2. The number of halogens is 1. The van der Waals surface area contributed by atoms with Crippen LogP contribution in [0.4, 0.5) is 10.1 Å². The summed E-state index contributed by atoms with van der Waals surface area (Å²) in [6.07, 6.45) is 3.90. The molecule has 0 amide bonds. The second-order valence-electron chi connectivity index (χ2n) is 7.05. The van der Waals surface area contributed by atoms with E-state index >= 15 is 0 Å². The molecule has 6 heteroatoms. The molecule has 0 spiro atoms. The van der Waals surface area contributed by atoms with Gasteiger partial charge in [0.25, 0.3) is 0 Å². The Labute approximate surface area is 159 Å². The predicted molar refractivity (Wildman–Crippen MR) is 105 cm³/mol. The summed E-state index contributed by atoms with van der Waals surface area (Å²) in [5, 5.41) is 4.44. The van der Waals surface area contributed by atoms with Crippen LogP contribution in [-0.4, -0.2) is 45.8 Å². The molecule has 4 rings (SSSR count). The second-order valence-corrected chi connectivity index (χ2v) is 7.05. The highest BCUT2D eigenvalue weighted by Gasteiger charge is 2.21. The van der Waals surface area contributed by atoms with Crippen molar-refractivity contribution in [3.63, 3.8) is 0 Å². The minimum absolute atomic E-state index is 0.226. The van der Waals surface area contributed by atoms with Gasteiger partial charge in [-0.15, -0.1) is 0 Å². The molecule has 0 radical (unpaired) electrons. The van der Waals surface area contributed by atoms with Crippen molar-refractivity contribution in [2.24, 2.45) is 7.05 Å². The molecular weight excluding hydrogens is 341 g/mol. The highest BCUT2D eigenvalue weighted by Crippen LogP contribution is 2.29. The molecule has 0 aliphatic carbocycles. The molecule has 1 aromatic carbocycles. The number of hydrogen-bond acceptors (Lipinski definition) is 4. The highest BCUT2D eigenvalue weighted by atomic mass is 19.1. The minimum atomic E-state index is -0.226. The van der Waals surface area contributed by atoms with Gasteiger partial charge in [0, 0.05) is 63.3 Å². The zero-order chi connectivity index (χ0) is 18.8. The summed E-state index contributed by atoms with van der Waals surface area (Å²) < 4.78 is 15.1. The molecule has 2 aromatic heterocycles. The average molecular weight is 365 g/mol. The van der Waals surface area contributed by atoms with Gasteiger partial charge in [0.05, 0.1) is 17.1 Å². The molecule has 0 bridgehead atoms. The van der Waals surface area contributed by atoms with Crippen LogP contribution in [-0.2, 0) is 13.6 Å². The monoisotopic (exact) mass is 365 g/mol. The van der Waals surface area contributed by atoms with Gasteiger partial charge in [0.1, 0.15) is 5.82 Å². The van der Waals surface area contributed by atoms with Crippen molar-refractivity contribution >= 4 is 5.69 Å². The number of hydrogen-bond donors (Lipinski definition) is 0. The number of rotatable bonds is 4. The largest absolute Gasteiger partial charge is 0.367 e. The molecule has 1 saturated heterocycles. The Balaban J connectivity index is 1.47. The van der Waals surface area contributed by atoms with E-state index in [0.29, 0.717) is 0 Å². The lowest BCUT2D eigenvalue weighted by molar-refractivity contribution is 0.249. The molecule has 27 heavy (non-hydrogen) atoms. The SMILES string of the molecule is Cc1nn(C)cc1CN1CCN(c2cccnc2-c2ccc(F)cc2)CC1. The van der Waals surface area contributed by atoms with Crippen molar-refractivity contribution in [3.8, 4) is 11.3 Å². The molecule has 1 fully saturated rings. The fourth-order valence-corrected chi connectivity index (χ4v) is 3.67. The summed E-state index contributed by atoms with van der Waals surface area (Å²) in [5.74, 6) is -0.226. The molecule has 1 aliphatic heterocycles. The molecule has 0 atom stereocenters. The van der Waals surface area contributed by atoms with E-state index in [2.05, 4.69) is 39.1 Å². The quantitative estimate of drug-likeness (QED) is 0.711. The maximum absolute atomic E-state index is 13.3. The van der Waals surface area contributed by atoms with Gasteiger partial charge in [-0.05, 0) is 43.3 Å². The summed E-state index contributed by atoms with van der Waals surface area (Å²) in [6, 6.07) is 10.6. The lowest BCUT2D eigenvalue weighted by atomic mass is 10.1. The van der Waals surface area contributed by atoms with Crippen LogP contribution in [0.3, 0.4) is 0 Å². The van der Waals surface area contributed by atoms with Crippen LogP contribution < -0.4 is 4.90 Å². The van der Waals surface area contributed by atoms with Gasteiger partial charge in [0.2, 0.25) is 0 Å². The second kappa shape index (κ2) is 7.48. The lowest BCUT2D eigenvalue weighted by Gasteiger charge is -2.36.